The minimum absolute atomic E-state index is 0.350. The molecule has 3 nitrogen and oxygen atoms in total. The maximum absolute atomic E-state index is 11.1. The van der Waals surface area contributed by atoms with Gasteiger partial charge in [-0.05, 0) is 25.1 Å². The highest BCUT2D eigenvalue weighted by Crippen LogP contribution is 2.09. The van der Waals surface area contributed by atoms with E-state index in [0.29, 0.717) is 5.56 Å². The fourth-order valence-corrected chi connectivity index (χ4v) is 1.49. The van der Waals surface area contributed by atoms with Crippen molar-refractivity contribution in [2.75, 3.05) is 13.6 Å². The first-order valence-corrected chi connectivity index (χ1v) is 5.32. The SMILES string of the molecule is CN(I)CCc1ccccc1C(N)=O. The Hall–Kier alpha value is -0.620. The van der Waals surface area contributed by atoms with Crippen LogP contribution in [-0.2, 0) is 6.42 Å². The van der Waals surface area contributed by atoms with E-state index in [9.17, 15) is 4.79 Å². The number of halogens is 1. The van der Waals surface area contributed by atoms with Gasteiger partial charge in [-0.15, -0.1) is 0 Å². The number of amides is 1. The van der Waals surface area contributed by atoms with Crippen molar-refractivity contribution in [3.05, 3.63) is 35.4 Å². The number of primary amides is 1. The van der Waals surface area contributed by atoms with Crippen LogP contribution >= 0.6 is 22.9 Å². The van der Waals surface area contributed by atoms with Crippen LogP contribution in [0.2, 0.25) is 0 Å². The summed E-state index contributed by atoms with van der Waals surface area (Å²) >= 11 is 2.22. The Kier molecular flexibility index (Phi) is 4.34. The molecule has 0 aliphatic heterocycles. The van der Waals surface area contributed by atoms with Crippen molar-refractivity contribution < 1.29 is 4.79 Å². The van der Waals surface area contributed by atoms with Crippen molar-refractivity contribution in [1.29, 1.82) is 0 Å². The lowest BCUT2D eigenvalue weighted by molar-refractivity contribution is 0.0999. The Balaban J connectivity index is 2.79. The maximum atomic E-state index is 11.1. The molecule has 0 aromatic heterocycles. The third kappa shape index (κ3) is 3.26. The Labute approximate surface area is 97.8 Å². The number of hydrogen-bond donors (Lipinski definition) is 1. The minimum Gasteiger partial charge on any atom is -0.366 e. The van der Waals surface area contributed by atoms with Gasteiger partial charge < -0.3 is 5.73 Å². The number of nitrogens with zero attached hydrogens (tertiary/aromatic N) is 1. The molecule has 1 rings (SSSR count). The van der Waals surface area contributed by atoms with Gasteiger partial charge in [0, 0.05) is 35.0 Å². The Morgan fingerprint density at radius 2 is 2.14 bits per heavy atom. The summed E-state index contributed by atoms with van der Waals surface area (Å²) in [5.74, 6) is -0.350. The average Bonchev–Trinajstić information content (AvgIpc) is 2.15. The van der Waals surface area contributed by atoms with Crippen LogP contribution in [0.1, 0.15) is 15.9 Å². The van der Waals surface area contributed by atoms with Crippen LogP contribution in [0.4, 0.5) is 0 Å². The minimum atomic E-state index is -0.350. The normalized spacial score (nSPS) is 10.5. The van der Waals surface area contributed by atoms with E-state index in [2.05, 4.69) is 26.0 Å². The van der Waals surface area contributed by atoms with E-state index in [0.717, 1.165) is 18.5 Å². The predicted octanol–water partition coefficient (Wildman–Crippen LogP) is 1.61. The number of carbonyl (C=O) groups excluding carboxylic acids is 1. The summed E-state index contributed by atoms with van der Waals surface area (Å²) in [7, 11) is 1.99. The van der Waals surface area contributed by atoms with E-state index in [1.807, 2.05) is 25.2 Å². The van der Waals surface area contributed by atoms with Crippen LogP contribution in [0.3, 0.4) is 0 Å². The van der Waals surface area contributed by atoms with Crippen LogP contribution in [0.15, 0.2) is 24.3 Å². The molecule has 0 saturated heterocycles. The van der Waals surface area contributed by atoms with Crippen LogP contribution in [0, 0.1) is 0 Å². The number of nitrogens with two attached hydrogens (primary N) is 1. The number of benzene rings is 1. The number of hydrogen-bond acceptors (Lipinski definition) is 2. The fourth-order valence-electron chi connectivity index (χ4n) is 1.25. The van der Waals surface area contributed by atoms with Gasteiger partial charge in [0.15, 0.2) is 0 Å². The van der Waals surface area contributed by atoms with Crippen molar-refractivity contribution >= 4 is 28.8 Å². The Morgan fingerprint density at radius 3 is 2.71 bits per heavy atom. The standard InChI is InChI=1S/C10H13IN2O/c1-13(11)7-6-8-4-2-3-5-9(8)10(12)14/h2-5H,6-7H2,1H3,(H2,12,14). The zero-order valence-corrected chi connectivity index (χ0v) is 10.2. The van der Waals surface area contributed by atoms with Gasteiger partial charge >= 0.3 is 0 Å². The van der Waals surface area contributed by atoms with Crippen LogP contribution < -0.4 is 5.73 Å². The van der Waals surface area contributed by atoms with Crippen LogP contribution in [0.25, 0.3) is 0 Å². The molecule has 0 bridgehead atoms. The molecule has 0 aliphatic rings. The second kappa shape index (κ2) is 5.31. The molecule has 2 N–H and O–H groups in total. The molecule has 0 fully saturated rings. The monoisotopic (exact) mass is 304 g/mol. The first kappa shape index (κ1) is 11.5. The van der Waals surface area contributed by atoms with Gasteiger partial charge in [0.25, 0.3) is 0 Å². The van der Waals surface area contributed by atoms with E-state index < -0.39 is 0 Å². The van der Waals surface area contributed by atoms with Crippen molar-refractivity contribution in [1.82, 2.24) is 3.11 Å². The van der Waals surface area contributed by atoms with Gasteiger partial charge in [-0.3, -0.25) is 7.91 Å². The summed E-state index contributed by atoms with van der Waals surface area (Å²) in [6.45, 7) is 0.908. The molecule has 0 heterocycles. The smallest absolute Gasteiger partial charge is 0.248 e. The van der Waals surface area contributed by atoms with Crippen LogP contribution in [-0.4, -0.2) is 22.6 Å². The third-order valence-electron chi connectivity index (χ3n) is 1.97. The molecule has 4 heteroatoms. The largest absolute Gasteiger partial charge is 0.366 e. The van der Waals surface area contributed by atoms with E-state index in [-0.39, 0.29) is 5.91 Å². The van der Waals surface area contributed by atoms with Crippen molar-refractivity contribution in [2.24, 2.45) is 5.73 Å². The highest BCUT2D eigenvalue weighted by molar-refractivity contribution is 14.1. The quantitative estimate of drug-likeness (QED) is 0.678. The summed E-state index contributed by atoms with van der Waals surface area (Å²) in [6.07, 6.45) is 0.846. The average molecular weight is 304 g/mol. The molecule has 0 saturated carbocycles. The lowest BCUT2D eigenvalue weighted by Gasteiger charge is -2.09. The molecule has 14 heavy (non-hydrogen) atoms. The Morgan fingerprint density at radius 1 is 1.50 bits per heavy atom. The van der Waals surface area contributed by atoms with E-state index in [4.69, 9.17) is 5.73 Å². The highest BCUT2D eigenvalue weighted by atomic mass is 127. The number of carbonyl (C=O) groups is 1. The van der Waals surface area contributed by atoms with Gasteiger partial charge in [0.05, 0.1) is 0 Å². The molecular formula is C10H13IN2O. The van der Waals surface area contributed by atoms with Gasteiger partial charge in [0.1, 0.15) is 0 Å². The van der Waals surface area contributed by atoms with Gasteiger partial charge in [-0.25, -0.2) is 0 Å². The molecule has 0 aliphatic carbocycles. The van der Waals surface area contributed by atoms with E-state index in [1.54, 1.807) is 6.07 Å². The molecular weight excluding hydrogens is 291 g/mol. The van der Waals surface area contributed by atoms with Crippen molar-refractivity contribution in [3.63, 3.8) is 0 Å². The van der Waals surface area contributed by atoms with Gasteiger partial charge in [-0.2, -0.15) is 0 Å². The maximum Gasteiger partial charge on any atom is 0.248 e. The lowest BCUT2D eigenvalue weighted by atomic mass is 10.0. The topological polar surface area (TPSA) is 46.3 Å². The van der Waals surface area contributed by atoms with E-state index >= 15 is 0 Å². The lowest BCUT2D eigenvalue weighted by Crippen LogP contribution is -2.16. The summed E-state index contributed by atoms with van der Waals surface area (Å²) in [6, 6.07) is 7.47. The molecule has 1 aromatic rings. The molecule has 0 radical (unpaired) electrons. The zero-order chi connectivity index (χ0) is 10.6. The summed E-state index contributed by atoms with van der Waals surface area (Å²) < 4.78 is 2.05. The summed E-state index contributed by atoms with van der Waals surface area (Å²) in [5, 5.41) is 0. The number of rotatable bonds is 4. The highest BCUT2D eigenvalue weighted by Gasteiger charge is 2.06. The predicted molar refractivity (Wildman–Crippen MR) is 65.3 cm³/mol. The van der Waals surface area contributed by atoms with E-state index in [1.165, 1.54) is 0 Å². The molecule has 0 spiro atoms. The van der Waals surface area contributed by atoms with Crippen LogP contribution in [0.5, 0.6) is 0 Å². The summed E-state index contributed by atoms with van der Waals surface area (Å²) in [4.78, 5) is 11.1. The second-order valence-corrected chi connectivity index (χ2v) is 4.75. The number of likely N-dealkylation sites (N-methyl/N-ethyl adjacent to an activating group) is 1. The Bertz CT molecular complexity index is 326. The van der Waals surface area contributed by atoms with Gasteiger partial charge in [0.2, 0.25) is 5.91 Å². The molecule has 76 valence electrons. The third-order valence-corrected chi connectivity index (χ3v) is 2.45. The fraction of sp³-hybridized carbons (Fsp3) is 0.300. The molecule has 0 atom stereocenters. The first-order chi connectivity index (χ1) is 6.61. The van der Waals surface area contributed by atoms with Gasteiger partial charge in [-0.1, -0.05) is 18.2 Å². The summed E-state index contributed by atoms with van der Waals surface area (Å²) in [5.41, 5.74) is 6.91. The van der Waals surface area contributed by atoms with Crippen molar-refractivity contribution in [2.45, 2.75) is 6.42 Å². The second-order valence-electron chi connectivity index (χ2n) is 3.10. The first-order valence-electron chi connectivity index (χ1n) is 4.36. The van der Waals surface area contributed by atoms with Crippen molar-refractivity contribution in [3.8, 4) is 0 Å². The zero-order valence-electron chi connectivity index (χ0n) is 8.03. The molecule has 0 unspecified atom stereocenters. The molecule has 1 amide bonds. The molecule has 1 aromatic carbocycles.